The van der Waals surface area contributed by atoms with Crippen molar-refractivity contribution in [3.63, 3.8) is 0 Å². The highest BCUT2D eigenvalue weighted by molar-refractivity contribution is 7.13. The number of hydrogen-bond acceptors (Lipinski definition) is 4. The Morgan fingerprint density at radius 1 is 1.30 bits per heavy atom. The van der Waals surface area contributed by atoms with E-state index in [2.05, 4.69) is 22.1 Å². The van der Waals surface area contributed by atoms with Crippen LogP contribution in [0.4, 0.5) is 13.2 Å². The second kappa shape index (κ2) is 6.59. The van der Waals surface area contributed by atoms with Gasteiger partial charge in [0, 0.05) is 43.2 Å². The van der Waals surface area contributed by atoms with Gasteiger partial charge in [0.25, 0.3) is 0 Å². The fourth-order valence-corrected chi connectivity index (χ4v) is 3.52. The molecule has 0 bridgehead atoms. The lowest BCUT2D eigenvalue weighted by molar-refractivity contribution is -0.137. The molecule has 1 aliphatic heterocycles. The van der Waals surface area contributed by atoms with E-state index in [1.807, 2.05) is 5.38 Å². The quantitative estimate of drug-likeness (QED) is 0.924. The van der Waals surface area contributed by atoms with E-state index in [-0.39, 0.29) is 0 Å². The number of aromatic nitrogens is 1. The summed E-state index contributed by atoms with van der Waals surface area (Å²) in [5, 5.41) is 6.14. The van der Waals surface area contributed by atoms with Crippen LogP contribution >= 0.6 is 11.3 Å². The van der Waals surface area contributed by atoms with Crippen molar-refractivity contribution in [3.05, 3.63) is 40.9 Å². The number of thiazole rings is 1. The van der Waals surface area contributed by atoms with Gasteiger partial charge in [0.15, 0.2) is 0 Å². The molecule has 0 aliphatic carbocycles. The second-order valence-electron chi connectivity index (χ2n) is 5.81. The van der Waals surface area contributed by atoms with Gasteiger partial charge < -0.3 is 5.32 Å². The zero-order valence-corrected chi connectivity index (χ0v) is 13.5. The minimum absolute atomic E-state index is 0.469. The van der Waals surface area contributed by atoms with Crippen molar-refractivity contribution in [2.45, 2.75) is 25.7 Å². The molecule has 23 heavy (non-hydrogen) atoms. The highest BCUT2D eigenvalue weighted by atomic mass is 32.1. The summed E-state index contributed by atoms with van der Waals surface area (Å²) in [5.41, 5.74) is 1.06. The number of halogens is 3. The first kappa shape index (κ1) is 16.4. The molecular weight excluding hydrogens is 323 g/mol. The average molecular weight is 341 g/mol. The molecule has 0 saturated carbocycles. The van der Waals surface area contributed by atoms with Crippen LogP contribution < -0.4 is 5.32 Å². The minimum atomic E-state index is -4.30. The maximum absolute atomic E-state index is 12.6. The largest absolute Gasteiger partial charge is 0.416 e. The molecule has 1 aliphatic rings. The number of hydrogen-bond donors (Lipinski definition) is 1. The maximum atomic E-state index is 12.6. The summed E-state index contributed by atoms with van der Waals surface area (Å²) in [6, 6.07) is 5.65. The number of benzene rings is 1. The van der Waals surface area contributed by atoms with Gasteiger partial charge >= 0.3 is 6.18 Å². The normalized spacial score (nSPS) is 19.9. The van der Waals surface area contributed by atoms with E-state index in [1.54, 1.807) is 0 Å². The van der Waals surface area contributed by atoms with Crippen LogP contribution in [0.3, 0.4) is 0 Å². The molecule has 0 unspecified atom stereocenters. The lowest BCUT2D eigenvalue weighted by Crippen LogP contribution is -2.48. The van der Waals surface area contributed by atoms with E-state index in [0.717, 1.165) is 54.6 Å². The third-order valence-corrected chi connectivity index (χ3v) is 4.79. The molecule has 1 aromatic carbocycles. The Kier molecular flexibility index (Phi) is 4.70. The molecular formula is C16H18F3N3S. The number of nitrogens with zero attached hydrogens (tertiary/aromatic N) is 2. The molecule has 1 saturated heterocycles. The van der Waals surface area contributed by atoms with E-state index in [0.29, 0.717) is 6.04 Å². The van der Waals surface area contributed by atoms with Crippen molar-refractivity contribution in [1.82, 2.24) is 15.2 Å². The molecule has 0 radical (unpaired) electrons. The summed E-state index contributed by atoms with van der Waals surface area (Å²) >= 11 is 1.47. The van der Waals surface area contributed by atoms with Crippen LogP contribution in [0.5, 0.6) is 0 Å². The van der Waals surface area contributed by atoms with Crippen molar-refractivity contribution in [1.29, 1.82) is 0 Å². The number of alkyl halides is 3. The molecule has 2 aromatic rings. The fourth-order valence-electron chi connectivity index (χ4n) is 2.70. The molecule has 0 spiro atoms. The van der Waals surface area contributed by atoms with Crippen LogP contribution in [0.2, 0.25) is 0 Å². The Labute approximate surface area is 137 Å². The smallest absolute Gasteiger partial charge is 0.312 e. The first-order chi connectivity index (χ1) is 10.9. The third-order valence-electron chi connectivity index (χ3n) is 3.85. The van der Waals surface area contributed by atoms with Crippen molar-refractivity contribution in [2.75, 3.05) is 19.6 Å². The van der Waals surface area contributed by atoms with Crippen molar-refractivity contribution in [2.24, 2.45) is 0 Å². The SMILES string of the molecule is C[C@@H]1CN(Cc2csc(-c3ccc(C(F)(F)F)cc3)n2)CCN1. The molecule has 3 nitrogen and oxygen atoms in total. The molecule has 1 fully saturated rings. The Hall–Kier alpha value is -1.44. The highest BCUT2D eigenvalue weighted by Crippen LogP contribution is 2.31. The molecule has 1 N–H and O–H groups in total. The molecule has 2 heterocycles. The van der Waals surface area contributed by atoms with Crippen molar-refractivity contribution < 1.29 is 13.2 Å². The van der Waals surface area contributed by atoms with E-state index in [1.165, 1.54) is 23.5 Å². The summed E-state index contributed by atoms with van der Waals surface area (Å²) < 4.78 is 37.8. The summed E-state index contributed by atoms with van der Waals surface area (Å²) in [7, 11) is 0. The summed E-state index contributed by atoms with van der Waals surface area (Å²) in [4.78, 5) is 6.91. The van der Waals surface area contributed by atoms with Crippen LogP contribution in [-0.4, -0.2) is 35.6 Å². The van der Waals surface area contributed by atoms with Crippen LogP contribution in [0, 0.1) is 0 Å². The highest BCUT2D eigenvalue weighted by Gasteiger charge is 2.30. The number of rotatable bonds is 3. The predicted octanol–water partition coefficient (Wildman–Crippen LogP) is 3.62. The summed E-state index contributed by atoms with van der Waals surface area (Å²) in [5.74, 6) is 0. The lowest BCUT2D eigenvalue weighted by Gasteiger charge is -2.31. The van der Waals surface area contributed by atoms with E-state index in [4.69, 9.17) is 0 Å². The zero-order valence-electron chi connectivity index (χ0n) is 12.7. The Morgan fingerprint density at radius 2 is 2.04 bits per heavy atom. The number of nitrogens with one attached hydrogen (secondary N) is 1. The van der Waals surface area contributed by atoms with Crippen LogP contribution in [0.25, 0.3) is 10.6 Å². The van der Waals surface area contributed by atoms with Gasteiger partial charge in [-0.25, -0.2) is 4.98 Å². The predicted molar refractivity (Wildman–Crippen MR) is 85.3 cm³/mol. The van der Waals surface area contributed by atoms with Crippen LogP contribution in [0.15, 0.2) is 29.6 Å². The van der Waals surface area contributed by atoms with Gasteiger partial charge in [0.05, 0.1) is 11.3 Å². The van der Waals surface area contributed by atoms with Gasteiger partial charge in [0.1, 0.15) is 5.01 Å². The van der Waals surface area contributed by atoms with E-state index in [9.17, 15) is 13.2 Å². The van der Waals surface area contributed by atoms with Gasteiger partial charge in [-0.2, -0.15) is 13.2 Å². The Balaban J connectivity index is 1.69. The van der Waals surface area contributed by atoms with Gasteiger partial charge in [-0.05, 0) is 19.1 Å². The molecule has 3 rings (SSSR count). The Morgan fingerprint density at radius 3 is 2.70 bits per heavy atom. The first-order valence-corrected chi connectivity index (χ1v) is 8.37. The zero-order chi connectivity index (χ0) is 16.4. The van der Waals surface area contributed by atoms with Crippen LogP contribution in [0.1, 0.15) is 18.2 Å². The standard InChI is InChI=1S/C16H18F3N3S/c1-11-8-22(7-6-20-11)9-14-10-23-15(21-14)12-2-4-13(5-3-12)16(17,18)19/h2-5,10-11,20H,6-9H2,1H3/t11-/m1/s1. The fraction of sp³-hybridized carbons (Fsp3) is 0.438. The average Bonchev–Trinajstić information content (AvgIpc) is 2.95. The third kappa shape index (κ3) is 4.10. The maximum Gasteiger partial charge on any atom is 0.416 e. The molecule has 124 valence electrons. The molecule has 0 amide bonds. The van der Waals surface area contributed by atoms with Crippen LogP contribution in [-0.2, 0) is 12.7 Å². The molecule has 1 aromatic heterocycles. The minimum Gasteiger partial charge on any atom is -0.312 e. The van der Waals surface area contributed by atoms with E-state index >= 15 is 0 Å². The monoisotopic (exact) mass is 341 g/mol. The summed E-state index contributed by atoms with van der Waals surface area (Å²) in [6.07, 6.45) is -4.30. The Bertz CT molecular complexity index is 651. The van der Waals surface area contributed by atoms with Gasteiger partial charge in [0.2, 0.25) is 0 Å². The molecule has 7 heteroatoms. The summed E-state index contributed by atoms with van der Waals surface area (Å²) in [6.45, 7) is 5.87. The van der Waals surface area contributed by atoms with Gasteiger partial charge in [-0.1, -0.05) is 12.1 Å². The molecule has 1 atom stereocenters. The lowest BCUT2D eigenvalue weighted by atomic mass is 10.1. The van der Waals surface area contributed by atoms with Gasteiger partial charge in [-0.3, -0.25) is 4.90 Å². The topological polar surface area (TPSA) is 28.2 Å². The van der Waals surface area contributed by atoms with Crippen molar-refractivity contribution >= 4 is 11.3 Å². The second-order valence-corrected chi connectivity index (χ2v) is 6.67. The van der Waals surface area contributed by atoms with Crippen molar-refractivity contribution in [3.8, 4) is 10.6 Å². The van der Waals surface area contributed by atoms with E-state index < -0.39 is 11.7 Å². The first-order valence-electron chi connectivity index (χ1n) is 7.49. The number of piperazine rings is 1. The van der Waals surface area contributed by atoms with Gasteiger partial charge in [-0.15, -0.1) is 11.3 Å².